The highest BCUT2D eigenvalue weighted by atomic mass is 35.5. The van der Waals surface area contributed by atoms with Crippen LogP contribution in [0.5, 0.6) is 5.75 Å². The van der Waals surface area contributed by atoms with Gasteiger partial charge in [0, 0.05) is 24.1 Å². The Kier molecular flexibility index (Phi) is 2.80. The quantitative estimate of drug-likeness (QED) is 0.730. The van der Waals surface area contributed by atoms with E-state index in [1.807, 2.05) is 0 Å². The number of phenolic OH excluding ortho intramolecular Hbond substituents is 1. The number of hydrogen-bond donors (Lipinski definition) is 2. The molecule has 2 nitrogen and oxygen atoms in total. The molecule has 1 aromatic rings. The molecular weight excluding hydrogens is 224 g/mol. The minimum absolute atomic E-state index is 0.0252. The zero-order valence-electron chi connectivity index (χ0n) is 7.86. The minimum Gasteiger partial charge on any atom is -0.506 e. The fourth-order valence-electron chi connectivity index (χ4n) is 1.87. The van der Waals surface area contributed by atoms with Crippen LogP contribution in [0.1, 0.15) is 17.9 Å². The van der Waals surface area contributed by atoms with Crippen LogP contribution in [0.2, 0.25) is 5.02 Å². The molecule has 1 aromatic carbocycles. The maximum Gasteiger partial charge on any atom is 0.152 e. The predicted molar refractivity (Wildman–Crippen MR) is 53.3 cm³/mol. The highest BCUT2D eigenvalue weighted by molar-refractivity contribution is 6.32. The van der Waals surface area contributed by atoms with Gasteiger partial charge in [-0.2, -0.15) is 0 Å². The second-order valence-corrected chi connectivity index (χ2v) is 3.99. The normalized spacial score (nSPS) is 20.9. The molecule has 1 unspecified atom stereocenters. The van der Waals surface area contributed by atoms with Crippen molar-refractivity contribution in [3.63, 3.8) is 0 Å². The Labute approximate surface area is 90.9 Å². The van der Waals surface area contributed by atoms with Crippen molar-refractivity contribution in [1.82, 2.24) is 5.32 Å². The summed E-state index contributed by atoms with van der Waals surface area (Å²) in [5, 5.41) is 11.7. The average Bonchev–Trinajstić information content (AvgIpc) is 2.68. The fraction of sp³-hybridized carbons (Fsp3) is 0.400. The van der Waals surface area contributed by atoms with Crippen molar-refractivity contribution in [2.75, 3.05) is 13.1 Å². The Balaban J connectivity index is 2.50. The van der Waals surface area contributed by atoms with E-state index in [1.165, 1.54) is 0 Å². The molecule has 82 valence electrons. The lowest BCUT2D eigenvalue weighted by molar-refractivity contribution is 0.453. The number of nitrogens with one attached hydrogen (secondary N) is 1. The molecule has 0 bridgehead atoms. The molecule has 0 radical (unpaired) electrons. The lowest BCUT2D eigenvalue weighted by Crippen LogP contribution is -2.10. The molecule has 1 fully saturated rings. The third-order valence-corrected chi connectivity index (χ3v) is 3.00. The number of aromatic hydroxyl groups is 1. The first-order valence-electron chi connectivity index (χ1n) is 4.68. The Hall–Kier alpha value is -0.870. The second kappa shape index (κ2) is 3.94. The van der Waals surface area contributed by atoms with Crippen molar-refractivity contribution in [1.29, 1.82) is 0 Å². The molecule has 1 heterocycles. The van der Waals surface area contributed by atoms with E-state index in [0.29, 0.717) is 13.0 Å². The first-order chi connectivity index (χ1) is 7.11. The number of rotatable bonds is 1. The predicted octanol–water partition coefficient (Wildman–Crippen LogP) is 2.40. The largest absolute Gasteiger partial charge is 0.506 e. The Morgan fingerprint density at radius 3 is 2.80 bits per heavy atom. The number of halogens is 3. The van der Waals surface area contributed by atoms with E-state index in [-0.39, 0.29) is 11.5 Å². The van der Waals surface area contributed by atoms with E-state index in [0.717, 1.165) is 12.6 Å². The van der Waals surface area contributed by atoms with E-state index >= 15 is 0 Å². The van der Waals surface area contributed by atoms with Crippen molar-refractivity contribution >= 4 is 11.6 Å². The standard InChI is InChI=1S/C10H10ClF2NO/c11-9-7(15)3-6(12)8(10(9)13)5-1-2-14-4-5/h3,5,14-15H,1-2,4H2. The van der Waals surface area contributed by atoms with Crippen molar-refractivity contribution in [2.45, 2.75) is 12.3 Å². The molecule has 1 atom stereocenters. The van der Waals surface area contributed by atoms with Crippen molar-refractivity contribution in [2.24, 2.45) is 0 Å². The zero-order valence-corrected chi connectivity index (χ0v) is 8.61. The summed E-state index contributed by atoms with van der Waals surface area (Å²) in [6, 6.07) is 0.860. The summed E-state index contributed by atoms with van der Waals surface area (Å²) in [7, 11) is 0. The molecule has 5 heteroatoms. The first kappa shape index (κ1) is 10.6. The maximum atomic E-state index is 13.6. The topological polar surface area (TPSA) is 32.3 Å². The van der Waals surface area contributed by atoms with E-state index in [2.05, 4.69) is 5.32 Å². The molecule has 2 rings (SSSR count). The van der Waals surface area contributed by atoms with Gasteiger partial charge < -0.3 is 10.4 Å². The van der Waals surface area contributed by atoms with Crippen LogP contribution in [-0.4, -0.2) is 18.2 Å². The van der Waals surface area contributed by atoms with Crippen molar-refractivity contribution < 1.29 is 13.9 Å². The first-order valence-corrected chi connectivity index (χ1v) is 5.06. The Morgan fingerprint density at radius 1 is 1.47 bits per heavy atom. The molecule has 0 aliphatic carbocycles. The molecular formula is C10H10ClF2NO. The molecule has 0 aromatic heterocycles. The monoisotopic (exact) mass is 233 g/mol. The van der Waals surface area contributed by atoms with E-state index in [4.69, 9.17) is 16.7 Å². The van der Waals surface area contributed by atoms with Gasteiger partial charge in [-0.1, -0.05) is 11.6 Å². The van der Waals surface area contributed by atoms with Gasteiger partial charge in [0.2, 0.25) is 0 Å². The van der Waals surface area contributed by atoms with Crippen LogP contribution in [0.15, 0.2) is 6.07 Å². The van der Waals surface area contributed by atoms with Crippen LogP contribution in [0.4, 0.5) is 8.78 Å². The van der Waals surface area contributed by atoms with Crippen LogP contribution < -0.4 is 5.32 Å². The Morgan fingerprint density at radius 2 is 2.20 bits per heavy atom. The van der Waals surface area contributed by atoms with Crippen LogP contribution >= 0.6 is 11.6 Å². The van der Waals surface area contributed by atoms with Gasteiger partial charge in [-0.15, -0.1) is 0 Å². The summed E-state index contributed by atoms with van der Waals surface area (Å²) in [5.74, 6) is -2.34. The lowest BCUT2D eigenvalue weighted by atomic mass is 9.97. The highest BCUT2D eigenvalue weighted by Crippen LogP contribution is 2.36. The lowest BCUT2D eigenvalue weighted by Gasteiger charge is -2.13. The summed E-state index contributed by atoms with van der Waals surface area (Å²) in [6.45, 7) is 1.27. The molecule has 0 spiro atoms. The third kappa shape index (κ3) is 1.79. The number of hydrogen-bond acceptors (Lipinski definition) is 2. The average molecular weight is 234 g/mol. The molecule has 2 N–H and O–H groups in total. The number of phenols is 1. The highest BCUT2D eigenvalue weighted by Gasteiger charge is 2.26. The van der Waals surface area contributed by atoms with Crippen LogP contribution in [0.25, 0.3) is 0 Å². The zero-order chi connectivity index (χ0) is 11.0. The van der Waals surface area contributed by atoms with Gasteiger partial charge in [0.25, 0.3) is 0 Å². The Bertz CT molecular complexity index is 391. The summed E-state index contributed by atoms with van der Waals surface area (Å²) < 4.78 is 27.1. The maximum absolute atomic E-state index is 13.6. The van der Waals surface area contributed by atoms with E-state index in [1.54, 1.807) is 0 Å². The van der Waals surface area contributed by atoms with Crippen LogP contribution in [0, 0.1) is 11.6 Å². The van der Waals surface area contributed by atoms with Crippen LogP contribution in [0.3, 0.4) is 0 Å². The van der Waals surface area contributed by atoms with Gasteiger partial charge in [0.15, 0.2) is 5.82 Å². The number of benzene rings is 1. The van der Waals surface area contributed by atoms with Crippen molar-refractivity contribution in [3.05, 3.63) is 28.3 Å². The van der Waals surface area contributed by atoms with Crippen LogP contribution in [-0.2, 0) is 0 Å². The second-order valence-electron chi connectivity index (χ2n) is 3.61. The summed E-state index contributed by atoms with van der Waals surface area (Å²) in [5.41, 5.74) is -0.0252. The van der Waals surface area contributed by atoms with Gasteiger partial charge in [0.1, 0.15) is 16.6 Å². The molecule has 0 saturated carbocycles. The van der Waals surface area contributed by atoms with E-state index < -0.39 is 22.4 Å². The molecule has 15 heavy (non-hydrogen) atoms. The minimum atomic E-state index is -0.845. The molecule has 1 aliphatic heterocycles. The van der Waals surface area contributed by atoms with Gasteiger partial charge in [0.05, 0.1) is 0 Å². The van der Waals surface area contributed by atoms with Gasteiger partial charge in [-0.25, -0.2) is 8.78 Å². The van der Waals surface area contributed by atoms with Gasteiger partial charge in [-0.3, -0.25) is 0 Å². The molecule has 1 aliphatic rings. The summed E-state index contributed by atoms with van der Waals surface area (Å²) in [6.07, 6.45) is 0.676. The third-order valence-electron chi connectivity index (χ3n) is 2.64. The van der Waals surface area contributed by atoms with E-state index in [9.17, 15) is 8.78 Å². The fourth-order valence-corrected chi connectivity index (χ4v) is 2.03. The summed E-state index contributed by atoms with van der Waals surface area (Å²) in [4.78, 5) is 0. The summed E-state index contributed by atoms with van der Waals surface area (Å²) >= 11 is 5.52. The van der Waals surface area contributed by atoms with Gasteiger partial charge >= 0.3 is 0 Å². The SMILES string of the molecule is Oc1cc(F)c(C2CCNC2)c(F)c1Cl. The smallest absolute Gasteiger partial charge is 0.152 e. The molecule has 1 saturated heterocycles. The van der Waals surface area contributed by atoms with Crippen molar-refractivity contribution in [3.8, 4) is 5.75 Å². The molecule has 0 amide bonds. The van der Waals surface area contributed by atoms with Gasteiger partial charge in [-0.05, 0) is 13.0 Å².